The van der Waals surface area contributed by atoms with Gasteiger partial charge in [0.05, 0.1) is 6.33 Å². The summed E-state index contributed by atoms with van der Waals surface area (Å²) in [4.78, 5) is 31.1. The summed E-state index contributed by atoms with van der Waals surface area (Å²) >= 11 is 0. The molecule has 21 heavy (non-hydrogen) atoms. The van der Waals surface area contributed by atoms with Crippen LogP contribution in [0.3, 0.4) is 0 Å². The molecule has 0 atom stereocenters. The molecule has 0 aromatic carbocycles. The van der Waals surface area contributed by atoms with E-state index in [0.29, 0.717) is 12.2 Å². The number of aromatic nitrogens is 4. The van der Waals surface area contributed by atoms with Crippen LogP contribution in [-0.4, -0.2) is 43.5 Å². The smallest absolute Gasteiger partial charge is 0.290 e. The molecule has 0 saturated carbocycles. The van der Waals surface area contributed by atoms with Crippen LogP contribution >= 0.6 is 0 Å². The molecule has 2 aromatic rings. The van der Waals surface area contributed by atoms with Gasteiger partial charge < -0.3 is 20.0 Å². The minimum absolute atomic E-state index is 0.129. The van der Waals surface area contributed by atoms with E-state index in [2.05, 4.69) is 24.8 Å². The molecule has 2 rings (SSSR count). The first kappa shape index (κ1) is 16.4. The molecule has 0 fully saturated rings. The number of imidazole rings is 2. The predicted molar refractivity (Wildman–Crippen MR) is 75.9 cm³/mol. The minimum atomic E-state index is -0.250. The van der Waals surface area contributed by atoms with Crippen molar-refractivity contribution in [1.29, 1.82) is 0 Å². The molecule has 2 heterocycles. The first-order valence-electron chi connectivity index (χ1n) is 6.44. The number of H-pyrrole nitrogens is 1. The van der Waals surface area contributed by atoms with Crippen molar-refractivity contribution in [3.63, 3.8) is 0 Å². The summed E-state index contributed by atoms with van der Waals surface area (Å²) in [6.07, 6.45) is 6.11. The highest BCUT2D eigenvalue weighted by Crippen LogP contribution is 2.00. The quantitative estimate of drug-likeness (QED) is 0.556. The summed E-state index contributed by atoms with van der Waals surface area (Å²) in [6, 6.07) is 0. The summed E-state index contributed by atoms with van der Waals surface area (Å²) < 4.78 is 2.06. The first-order chi connectivity index (χ1) is 10.1. The third kappa shape index (κ3) is 5.09. The zero-order valence-corrected chi connectivity index (χ0v) is 12.0. The number of nitrogens with one attached hydrogen (secondary N) is 2. The first-order valence-corrected chi connectivity index (χ1v) is 6.44. The van der Waals surface area contributed by atoms with E-state index in [1.54, 1.807) is 6.20 Å². The molecule has 8 heteroatoms. The van der Waals surface area contributed by atoms with E-state index >= 15 is 0 Å². The van der Waals surface area contributed by atoms with E-state index < -0.39 is 0 Å². The predicted octanol–water partition coefficient (Wildman–Crippen LogP) is 0.744. The molecule has 0 bridgehead atoms. The largest absolute Gasteiger partial charge is 0.483 e. The Bertz CT molecular complexity index is 576. The number of aryl methyl sites for hydroxylation is 3. The van der Waals surface area contributed by atoms with E-state index in [-0.39, 0.29) is 12.4 Å². The van der Waals surface area contributed by atoms with Crippen molar-refractivity contribution < 1.29 is 14.7 Å². The molecule has 0 aliphatic heterocycles. The number of hydrogen-bond acceptors (Lipinski definition) is 4. The maximum Gasteiger partial charge on any atom is 0.290 e. The van der Waals surface area contributed by atoms with Crippen molar-refractivity contribution >= 4 is 12.4 Å². The molecule has 8 nitrogen and oxygen atoms in total. The molecule has 0 saturated heterocycles. The van der Waals surface area contributed by atoms with Gasteiger partial charge in [-0.05, 0) is 20.3 Å². The SMILES string of the molecule is Cc1[nH]cnc1C(=O)NCCCn1ccnc1C.O=CO. The van der Waals surface area contributed by atoms with Crippen LogP contribution in [0.25, 0.3) is 0 Å². The fourth-order valence-corrected chi connectivity index (χ4v) is 1.76. The van der Waals surface area contributed by atoms with Crippen molar-refractivity contribution in [1.82, 2.24) is 24.8 Å². The van der Waals surface area contributed by atoms with Crippen molar-refractivity contribution in [2.24, 2.45) is 0 Å². The van der Waals surface area contributed by atoms with Gasteiger partial charge in [-0.25, -0.2) is 9.97 Å². The van der Waals surface area contributed by atoms with Gasteiger partial charge in [-0.2, -0.15) is 0 Å². The lowest BCUT2D eigenvalue weighted by Crippen LogP contribution is -2.26. The molecule has 3 N–H and O–H groups in total. The number of carbonyl (C=O) groups excluding carboxylic acids is 1. The normalized spacial score (nSPS) is 9.62. The number of aromatic amines is 1. The highest BCUT2D eigenvalue weighted by atomic mass is 16.3. The summed E-state index contributed by atoms with van der Waals surface area (Å²) in [6.45, 7) is 5.02. The summed E-state index contributed by atoms with van der Waals surface area (Å²) in [5.74, 6) is 0.862. The number of carboxylic acid groups (broad SMARTS) is 1. The molecule has 0 aliphatic carbocycles. The maximum absolute atomic E-state index is 11.7. The summed E-state index contributed by atoms with van der Waals surface area (Å²) in [5.41, 5.74) is 1.26. The topological polar surface area (TPSA) is 113 Å². The number of rotatable bonds is 5. The number of nitrogens with zero attached hydrogens (tertiary/aromatic N) is 3. The monoisotopic (exact) mass is 293 g/mol. The van der Waals surface area contributed by atoms with Gasteiger partial charge in [0, 0.05) is 31.2 Å². The fraction of sp³-hybridized carbons (Fsp3) is 0.385. The maximum atomic E-state index is 11.7. The average Bonchev–Trinajstić information content (AvgIpc) is 3.04. The summed E-state index contributed by atoms with van der Waals surface area (Å²) in [5, 5.41) is 9.74. The van der Waals surface area contributed by atoms with Gasteiger partial charge in [-0.15, -0.1) is 0 Å². The van der Waals surface area contributed by atoms with E-state index in [9.17, 15) is 4.79 Å². The molecule has 0 radical (unpaired) electrons. The zero-order valence-electron chi connectivity index (χ0n) is 12.0. The fourth-order valence-electron chi connectivity index (χ4n) is 1.76. The average molecular weight is 293 g/mol. The van der Waals surface area contributed by atoms with Crippen molar-refractivity contribution in [2.75, 3.05) is 6.54 Å². The number of amides is 1. The van der Waals surface area contributed by atoms with Crippen LogP contribution in [0.5, 0.6) is 0 Å². The van der Waals surface area contributed by atoms with Crippen LogP contribution in [0.15, 0.2) is 18.7 Å². The zero-order chi connectivity index (χ0) is 15.7. The lowest BCUT2D eigenvalue weighted by atomic mass is 10.3. The Morgan fingerprint density at radius 3 is 2.71 bits per heavy atom. The van der Waals surface area contributed by atoms with Gasteiger partial charge in [0.25, 0.3) is 12.4 Å². The molecule has 0 unspecified atom stereocenters. The third-order valence-electron chi connectivity index (χ3n) is 2.83. The van der Waals surface area contributed by atoms with Crippen molar-refractivity contribution in [3.05, 3.63) is 35.9 Å². The molecule has 1 amide bonds. The van der Waals surface area contributed by atoms with Crippen molar-refractivity contribution in [3.8, 4) is 0 Å². The Morgan fingerprint density at radius 2 is 2.19 bits per heavy atom. The van der Waals surface area contributed by atoms with Gasteiger partial charge in [0.1, 0.15) is 11.5 Å². The Hall–Kier alpha value is -2.64. The van der Waals surface area contributed by atoms with Crippen molar-refractivity contribution in [2.45, 2.75) is 26.8 Å². The lowest BCUT2D eigenvalue weighted by Gasteiger charge is -2.06. The molecular formula is C13H19N5O3. The Morgan fingerprint density at radius 1 is 1.48 bits per heavy atom. The Kier molecular flexibility index (Phi) is 6.66. The molecule has 114 valence electrons. The lowest BCUT2D eigenvalue weighted by molar-refractivity contribution is -0.122. The summed E-state index contributed by atoms with van der Waals surface area (Å²) in [7, 11) is 0. The van der Waals surface area contributed by atoms with E-state index in [0.717, 1.165) is 24.5 Å². The Labute approximate surface area is 122 Å². The minimum Gasteiger partial charge on any atom is -0.483 e. The van der Waals surface area contributed by atoms with Gasteiger partial charge in [-0.1, -0.05) is 0 Å². The van der Waals surface area contributed by atoms with Gasteiger partial charge in [0.2, 0.25) is 0 Å². The standard InChI is InChI=1S/C12H17N5O.CH2O2/c1-9-11(16-8-15-9)12(18)14-4-3-6-17-7-5-13-10(17)2;2-1-3/h5,7-8H,3-4,6H2,1-2H3,(H,14,18)(H,15,16);1H,(H,2,3). The molecule has 0 aliphatic rings. The Balaban J connectivity index is 0.000000677. The second kappa shape index (κ2) is 8.51. The van der Waals surface area contributed by atoms with E-state index in [4.69, 9.17) is 9.90 Å². The van der Waals surface area contributed by atoms with Gasteiger partial charge in [-0.3, -0.25) is 9.59 Å². The second-order valence-corrected chi connectivity index (χ2v) is 4.26. The highest BCUT2D eigenvalue weighted by molar-refractivity contribution is 5.93. The number of hydrogen-bond donors (Lipinski definition) is 3. The molecular weight excluding hydrogens is 274 g/mol. The van der Waals surface area contributed by atoms with Crippen LogP contribution in [-0.2, 0) is 11.3 Å². The molecule has 0 spiro atoms. The van der Waals surface area contributed by atoms with Crippen LogP contribution < -0.4 is 5.32 Å². The van der Waals surface area contributed by atoms with Crippen LogP contribution in [0.4, 0.5) is 0 Å². The molecule has 2 aromatic heterocycles. The van der Waals surface area contributed by atoms with Gasteiger partial charge >= 0.3 is 0 Å². The number of carbonyl (C=O) groups is 2. The van der Waals surface area contributed by atoms with Crippen LogP contribution in [0, 0.1) is 13.8 Å². The van der Waals surface area contributed by atoms with Crippen LogP contribution in [0.1, 0.15) is 28.4 Å². The highest BCUT2D eigenvalue weighted by Gasteiger charge is 2.10. The van der Waals surface area contributed by atoms with Gasteiger partial charge in [0.15, 0.2) is 0 Å². The van der Waals surface area contributed by atoms with Crippen LogP contribution in [0.2, 0.25) is 0 Å². The van der Waals surface area contributed by atoms with E-state index in [1.807, 2.05) is 20.0 Å². The van der Waals surface area contributed by atoms with E-state index in [1.165, 1.54) is 6.33 Å². The second-order valence-electron chi connectivity index (χ2n) is 4.26. The third-order valence-corrected chi connectivity index (χ3v) is 2.83.